The Bertz CT molecular complexity index is 447. The molecule has 0 radical (unpaired) electrons. The van der Waals surface area contributed by atoms with Crippen LogP contribution < -0.4 is 5.32 Å². The van der Waals surface area contributed by atoms with Crippen LogP contribution in [0.1, 0.15) is 52.2 Å². The lowest BCUT2D eigenvalue weighted by atomic mass is 9.88. The zero-order chi connectivity index (χ0) is 16.2. The quantitative estimate of drug-likeness (QED) is 0.710. The van der Waals surface area contributed by atoms with Crippen molar-refractivity contribution in [2.24, 2.45) is 5.41 Å². The zero-order valence-electron chi connectivity index (χ0n) is 13.1. The Balaban J connectivity index is 2.82. The normalized spacial score (nSPS) is 14.9. The molecule has 0 aliphatic carbocycles. The van der Waals surface area contributed by atoms with Crippen LogP contribution in [-0.4, -0.2) is 22.9 Å². The summed E-state index contributed by atoms with van der Waals surface area (Å²) in [4.78, 5) is 0. The number of aliphatic hydroxyl groups is 2. The SMILES string of the molecule is CC(O)CNc1c(Cl)cc(C(O)CCC(C)(C)C)cc1Cl. The van der Waals surface area contributed by atoms with Crippen LogP contribution in [0, 0.1) is 5.41 Å². The lowest BCUT2D eigenvalue weighted by Gasteiger charge is -2.21. The highest BCUT2D eigenvalue weighted by molar-refractivity contribution is 6.39. The van der Waals surface area contributed by atoms with Crippen LogP contribution >= 0.6 is 23.2 Å². The third-order valence-electron chi connectivity index (χ3n) is 3.19. The molecule has 0 spiro atoms. The molecule has 2 unspecified atom stereocenters. The molecule has 2 atom stereocenters. The highest BCUT2D eigenvalue weighted by Gasteiger charge is 2.17. The van der Waals surface area contributed by atoms with Crippen LogP contribution in [0.4, 0.5) is 5.69 Å². The number of hydrogen-bond acceptors (Lipinski definition) is 3. The van der Waals surface area contributed by atoms with Gasteiger partial charge in [0.2, 0.25) is 0 Å². The Morgan fingerprint density at radius 2 is 1.67 bits per heavy atom. The third-order valence-corrected chi connectivity index (χ3v) is 3.79. The van der Waals surface area contributed by atoms with Crippen LogP contribution in [0.15, 0.2) is 12.1 Å². The number of nitrogens with one attached hydrogen (secondary N) is 1. The summed E-state index contributed by atoms with van der Waals surface area (Å²) in [6.07, 6.45) is 0.501. The van der Waals surface area contributed by atoms with Crippen molar-refractivity contribution in [1.82, 2.24) is 0 Å². The molecule has 0 aromatic heterocycles. The monoisotopic (exact) mass is 333 g/mol. The van der Waals surface area contributed by atoms with Gasteiger partial charge in [0.05, 0.1) is 27.9 Å². The molecule has 5 heteroatoms. The standard InChI is InChI=1S/C16H25Cl2NO2/c1-10(20)9-19-15-12(17)7-11(8-13(15)18)14(21)5-6-16(2,3)4/h7-8,10,14,19-21H,5-6,9H2,1-4H3. The molecule has 1 rings (SSSR count). The van der Waals surface area contributed by atoms with E-state index in [9.17, 15) is 10.2 Å². The van der Waals surface area contributed by atoms with Crippen LogP contribution in [0.2, 0.25) is 10.0 Å². The van der Waals surface area contributed by atoms with E-state index >= 15 is 0 Å². The van der Waals surface area contributed by atoms with Gasteiger partial charge in [0.25, 0.3) is 0 Å². The summed E-state index contributed by atoms with van der Waals surface area (Å²) in [5, 5.41) is 23.5. The highest BCUT2D eigenvalue weighted by atomic mass is 35.5. The first-order chi connectivity index (χ1) is 9.60. The summed E-state index contributed by atoms with van der Waals surface area (Å²) in [6.45, 7) is 8.47. The van der Waals surface area contributed by atoms with E-state index in [0.717, 1.165) is 12.0 Å². The minimum atomic E-state index is -0.579. The molecule has 0 heterocycles. The number of hydrogen-bond donors (Lipinski definition) is 3. The number of aliphatic hydroxyl groups excluding tert-OH is 2. The number of benzene rings is 1. The fraction of sp³-hybridized carbons (Fsp3) is 0.625. The number of halogens is 2. The summed E-state index contributed by atoms with van der Waals surface area (Å²) in [7, 11) is 0. The molecule has 0 aliphatic rings. The maximum atomic E-state index is 10.3. The van der Waals surface area contributed by atoms with Gasteiger partial charge in [-0.05, 0) is 42.9 Å². The first-order valence-corrected chi connectivity index (χ1v) is 7.94. The molecular formula is C16H25Cl2NO2. The maximum absolute atomic E-state index is 10.3. The Morgan fingerprint density at radius 3 is 2.10 bits per heavy atom. The highest BCUT2D eigenvalue weighted by Crippen LogP contribution is 2.35. The van der Waals surface area contributed by atoms with E-state index in [0.29, 0.717) is 28.7 Å². The molecule has 0 saturated carbocycles. The summed E-state index contributed by atoms with van der Waals surface area (Å²) in [6, 6.07) is 3.45. The molecule has 0 bridgehead atoms. The zero-order valence-corrected chi connectivity index (χ0v) is 14.6. The fourth-order valence-corrected chi connectivity index (χ4v) is 2.58. The lowest BCUT2D eigenvalue weighted by molar-refractivity contribution is 0.147. The van der Waals surface area contributed by atoms with Crippen molar-refractivity contribution in [3.05, 3.63) is 27.7 Å². The van der Waals surface area contributed by atoms with Crippen molar-refractivity contribution < 1.29 is 10.2 Å². The van der Waals surface area contributed by atoms with E-state index < -0.39 is 12.2 Å². The second-order valence-electron chi connectivity index (χ2n) is 6.70. The van der Waals surface area contributed by atoms with E-state index in [2.05, 4.69) is 26.1 Å². The van der Waals surface area contributed by atoms with Gasteiger partial charge in [0.1, 0.15) is 0 Å². The molecule has 21 heavy (non-hydrogen) atoms. The van der Waals surface area contributed by atoms with Crippen LogP contribution in [-0.2, 0) is 0 Å². The molecule has 3 nitrogen and oxygen atoms in total. The van der Waals surface area contributed by atoms with Gasteiger partial charge in [-0.2, -0.15) is 0 Å². The first-order valence-electron chi connectivity index (χ1n) is 7.19. The average molecular weight is 334 g/mol. The van der Waals surface area contributed by atoms with E-state index in [1.807, 2.05) is 0 Å². The van der Waals surface area contributed by atoms with Crippen LogP contribution in [0.3, 0.4) is 0 Å². The molecule has 0 amide bonds. The average Bonchev–Trinajstić information content (AvgIpc) is 2.33. The van der Waals surface area contributed by atoms with Crippen molar-refractivity contribution in [2.75, 3.05) is 11.9 Å². The van der Waals surface area contributed by atoms with Gasteiger partial charge in [-0.15, -0.1) is 0 Å². The molecule has 3 N–H and O–H groups in total. The van der Waals surface area contributed by atoms with Gasteiger partial charge in [-0.25, -0.2) is 0 Å². The summed E-state index contributed by atoms with van der Waals surface area (Å²) < 4.78 is 0. The third kappa shape index (κ3) is 6.43. The molecule has 1 aromatic carbocycles. The van der Waals surface area contributed by atoms with E-state index in [1.165, 1.54) is 0 Å². The van der Waals surface area contributed by atoms with Gasteiger partial charge < -0.3 is 15.5 Å². The van der Waals surface area contributed by atoms with Crippen LogP contribution in [0.5, 0.6) is 0 Å². The Hall–Kier alpha value is -0.480. The Morgan fingerprint density at radius 1 is 1.14 bits per heavy atom. The lowest BCUT2D eigenvalue weighted by Crippen LogP contribution is -2.16. The van der Waals surface area contributed by atoms with Crippen molar-refractivity contribution in [3.63, 3.8) is 0 Å². The van der Waals surface area contributed by atoms with Gasteiger partial charge in [0, 0.05) is 6.54 Å². The minimum Gasteiger partial charge on any atom is -0.392 e. The summed E-state index contributed by atoms with van der Waals surface area (Å²) in [5.41, 5.74) is 1.48. The predicted molar refractivity (Wildman–Crippen MR) is 90.3 cm³/mol. The van der Waals surface area contributed by atoms with E-state index in [-0.39, 0.29) is 5.41 Å². The summed E-state index contributed by atoms with van der Waals surface area (Å²) in [5.74, 6) is 0. The predicted octanol–water partition coefficient (Wildman–Crippen LogP) is 4.65. The van der Waals surface area contributed by atoms with Gasteiger partial charge in [-0.1, -0.05) is 44.0 Å². The van der Waals surface area contributed by atoms with E-state index in [4.69, 9.17) is 23.2 Å². The van der Waals surface area contributed by atoms with E-state index in [1.54, 1.807) is 19.1 Å². The Kier molecular flexibility index (Phi) is 6.79. The summed E-state index contributed by atoms with van der Waals surface area (Å²) >= 11 is 12.4. The van der Waals surface area contributed by atoms with Crippen molar-refractivity contribution in [2.45, 2.75) is 52.7 Å². The van der Waals surface area contributed by atoms with Gasteiger partial charge in [0.15, 0.2) is 0 Å². The second-order valence-corrected chi connectivity index (χ2v) is 7.52. The molecular weight excluding hydrogens is 309 g/mol. The molecule has 0 saturated heterocycles. The van der Waals surface area contributed by atoms with Crippen molar-refractivity contribution >= 4 is 28.9 Å². The topological polar surface area (TPSA) is 52.5 Å². The molecule has 1 aromatic rings. The molecule has 0 fully saturated rings. The molecule has 0 aliphatic heterocycles. The van der Waals surface area contributed by atoms with Gasteiger partial charge in [-0.3, -0.25) is 0 Å². The maximum Gasteiger partial charge on any atom is 0.0791 e. The minimum absolute atomic E-state index is 0.174. The second kappa shape index (κ2) is 7.68. The van der Waals surface area contributed by atoms with Gasteiger partial charge >= 0.3 is 0 Å². The largest absolute Gasteiger partial charge is 0.392 e. The van der Waals surface area contributed by atoms with Crippen molar-refractivity contribution in [3.8, 4) is 0 Å². The fourth-order valence-electron chi connectivity index (χ4n) is 1.94. The first kappa shape index (κ1) is 18.6. The smallest absolute Gasteiger partial charge is 0.0791 e. The molecule has 120 valence electrons. The Labute approximate surface area is 137 Å². The van der Waals surface area contributed by atoms with Crippen molar-refractivity contribution in [1.29, 1.82) is 0 Å². The van der Waals surface area contributed by atoms with Crippen LogP contribution in [0.25, 0.3) is 0 Å². The number of anilines is 1. The number of rotatable bonds is 6.